The maximum absolute atomic E-state index is 12.2. The molecular weight excluding hydrogens is 432 g/mol. The first-order valence-electron chi connectivity index (χ1n) is 12.2. The highest BCUT2D eigenvalue weighted by atomic mass is 28.4. The Kier molecular flexibility index (Phi) is 5.80. The molecule has 4 rings (SSSR count). The molecule has 1 aromatic rings. The Hall–Kier alpha value is -1.47. The fourth-order valence-corrected chi connectivity index (χ4v) is 7.60. The van der Waals surface area contributed by atoms with Gasteiger partial charge in [0.15, 0.2) is 8.32 Å². The van der Waals surface area contributed by atoms with Gasteiger partial charge in [0.05, 0.1) is 6.10 Å². The van der Waals surface area contributed by atoms with Gasteiger partial charge in [-0.3, -0.25) is 4.79 Å². The number of carbonyl (C=O) groups is 1. The van der Waals surface area contributed by atoms with E-state index in [2.05, 4.69) is 40.8 Å². The van der Waals surface area contributed by atoms with Gasteiger partial charge in [-0.1, -0.05) is 39.8 Å². The number of hydrogen-bond acceptors (Lipinski definition) is 5. The van der Waals surface area contributed by atoms with Crippen molar-refractivity contribution >= 4 is 20.4 Å². The van der Waals surface area contributed by atoms with Gasteiger partial charge in [-0.05, 0) is 78.6 Å². The van der Waals surface area contributed by atoms with Crippen molar-refractivity contribution in [2.75, 3.05) is 0 Å². The smallest absolute Gasteiger partial charge is 0.308 e. The second-order valence-corrected chi connectivity index (χ2v) is 17.1. The Labute approximate surface area is 199 Å². The third-order valence-corrected chi connectivity index (χ3v) is 13.7. The molecule has 0 bridgehead atoms. The summed E-state index contributed by atoms with van der Waals surface area (Å²) >= 11 is 0. The van der Waals surface area contributed by atoms with Gasteiger partial charge in [-0.2, -0.15) is 0 Å². The van der Waals surface area contributed by atoms with Gasteiger partial charge in [0.25, 0.3) is 0 Å². The van der Waals surface area contributed by atoms with E-state index in [9.17, 15) is 15.0 Å². The highest BCUT2D eigenvalue weighted by Crippen LogP contribution is 2.62. The van der Waals surface area contributed by atoms with Gasteiger partial charge in [0, 0.05) is 19.3 Å². The van der Waals surface area contributed by atoms with E-state index in [1.54, 1.807) is 6.07 Å². The van der Waals surface area contributed by atoms with Gasteiger partial charge >= 0.3 is 5.97 Å². The van der Waals surface area contributed by atoms with Crippen LogP contribution in [0.5, 0.6) is 5.75 Å². The first kappa shape index (κ1) is 24.6. The minimum atomic E-state index is -1.97. The van der Waals surface area contributed by atoms with E-state index in [1.165, 1.54) is 6.92 Å². The van der Waals surface area contributed by atoms with E-state index in [4.69, 9.17) is 9.16 Å². The second-order valence-electron chi connectivity index (χ2n) is 12.3. The zero-order valence-electron chi connectivity index (χ0n) is 21.2. The van der Waals surface area contributed by atoms with E-state index in [1.807, 2.05) is 24.3 Å². The van der Waals surface area contributed by atoms with Crippen molar-refractivity contribution in [3.8, 4) is 5.75 Å². The maximum Gasteiger partial charge on any atom is 0.308 e. The summed E-state index contributed by atoms with van der Waals surface area (Å²) in [7, 11) is -1.97. The Morgan fingerprint density at radius 3 is 2.48 bits per heavy atom. The highest BCUT2D eigenvalue weighted by Gasteiger charge is 2.66. The largest absolute Gasteiger partial charge is 0.427 e. The third-order valence-electron chi connectivity index (χ3n) is 9.22. The lowest BCUT2D eigenvalue weighted by Crippen LogP contribution is -2.65. The average molecular weight is 473 g/mol. The van der Waals surface area contributed by atoms with Crippen molar-refractivity contribution in [1.29, 1.82) is 0 Å². The normalized spacial score (nSPS) is 35.9. The molecule has 2 fully saturated rings. The molecule has 3 aliphatic carbocycles. The molecule has 0 amide bonds. The van der Waals surface area contributed by atoms with Crippen LogP contribution in [0.3, 0.4) is 0 Å². The van der Waals surface area contributed by atoms with Gasteiger partial charge < -0.3 is 19.4 Å². The molecule has 3 aliphatic rings. The lowest BCUT2D eigenvalue weighted by atomic mass is 9.54. The molecule has 5 nitrogen and oxygen atoms in total. The fraction of sp³-hybridized carbons (Fsp3) is 0.667. The predicted octanol–water partition coefficient (Wildman–Crippen LogP) is 5.24. The molecule has 33 heavy (non-hydrogen) atoms. The van der Waals surface area contributed by atoms with Crippen LogP contribution in [-0.4, -0.2) is 41.8 Å². The van der Waals surface area contributed by atoms with Crippen LogP contribution in [0.25, 0.3) is 6.08 Å². The van der Waals surface area contributed by atoms with Crippen molar-refractivity contribution in [3.05, 3.63) is 35.4 Å². The molecule has 2 N–H and O–H groups in total. The summed E-state index contributed by atoms with van der Waals surface area (Å²) in [5.41, 5.74) is -0.985. The van der Waals surface area contributed by atoms with Gasteiger partial charge in [0.2, 0.25) is 0 Å². The monoisotopic (exact) mass is 472 g/mol. The van der Waals surface area contributed by atoms with Crippen LogP contribution in [-0.2, 0) is 15.6 Å². The number of rotatable bonds is 3. The summed E-state index contributed by atoms with van der Waals surface area (Å²) in [6, 6.07) is 5.47. The quantitative estimate of drug-likeness (QED) is 0.357. The molecule has 1 unspecified atom stereocenters. The van der Waals surface area contributed by atoms with Crippen LogP contribution >= 0.6 is 0 Å². The molecule has 0 saturated heterocycles. The first-order chi connectivity index (χ1) is 15.1. The Morgan fingerprint density at radius 1 is 1.15 bits per heavy atom. The van der Waals surface area contributed by atoms with Crippen molar-refractivity contribution in [1.82, 2.24) is 0 Å². The molecular formula is C27H40O5Si. The average Bonchev–Trinajstić information content (AvgIpc) is 2.94. The zero-order valence-corrected chi connectivity index (χ0v) is 22.2. The molecule has 5 atom stereocenters. The SMILES string of the molecule is CC(=O)Oc1ccc2c(c1)C[C@@]1(O)CC[C@]3(C)C(O[Si](C)(C)C(C)(C)C)CC[C@H]3[C@@]1(O)C=C2. The standard InChI is InChI=1S/C27H40O5Si/c1-18(28)31-21-9-8-19-12-13-27(30)22-10-11-23(32-33(6,7)24(2,3)4)25(22,5)14-15-26(27,29)17-20(19)16-21/h8-9,12-13,16,22-23,29-30H,10-11,14-15,17H2,1-7H3/t22-,23?,25+,26+,27+/m1/s1. The van der Waals surface area contributed by atoms with E-state index in [-0.39, 0.29) is 28.4 Å². The first-order valence-corrected chi connectivity index (χ1v) is 15.2. The molecule has 0 aromatic heterocycles. The van der Waals surface area contributed by atoms with Crippen LogP contribution in [0.2, 0.25) is 18.1 Å². The van der Waals surface area contributed by atoms with E-state index >= 15 is 0 Å². The maximum atomic E-state index is 12.2. The van der Waals surface area contributed by atoms with Gasteiger partial charge in [-0.25, -0.2) is 0 Å². The molecule has 6 heteroatoms. The number of carbonyl (C=O) groups excluding carboxylic acids is 1. The summed E-state index contributed by atoms with van der Waals surface area (Å²) in [5, 5.41) is 24.2. The summed E-state index contributed by atoms with van der Waals surface area (Å²) in [5.74, 6) is 0.00607. The van der Waals surface area contributed by atoms with Crippen LogP contribution in [0, 0.1) is 11.3 Å². The Bertz CT molecular complexity index is 979. The Balaban J connectivity index is 1.66. The van der Waals surface area contributed by atoms with Crippen molar-refractivity contribution in [2.45, 2.75) is 102 Å². The molecule has 0 aliphatic heterocycles. The second kappa shape index (κ2) is 7.77. The van der Waals surface area contributed by atoms with Crippen molar-refractivity contribution < 1.29 is 24.2 Å². The molecule has 0 radical (unpaired) electrons. The van der Waals surface area contributed by atoms with Crippen LogP contribution in [0.4, 0.5) is 0 Å². The van der Waals surface area contributed by atoms with Gasteiger partial charge in [0.1, 0.15) is 17.0 Å². The minimum absolute atomic E-state index is 0.0861. The number of benzene rings is 1. The van der Waals surface area contributed by atoms with Crippen molar-refractivity contribution in [3.63, 3.8) is 0 Å². The predicted molar refractivity (Wildman–Crippen MR) is 133 cm³/mol. The lowest BCUT2D eigenvalue weighted by molar-refractivity contribution is -0.209. The lowest BCUT2D eigenvalue weighted by Gasteiger charge is -2.57. The number of fused-ring (bicyclic) bond motifs is 4. The number of aliphatic hydroxyl groups is 2. The fourth-order valence-electron chi connectivity index (χ4n) is 6.15. The van der Waals surface area contributed by atoms with Crippen LogP contribution in [0.1, 0.15) is 71.4 Å². The van der Waals surface area contributed by atoms with E-state index < -0.39 is 19.5 Å². The third kappa shape index (κ3) is 3.93. The van der Waals surface area contributed by atoms with E-state index in [0.29, 0.717) is 18.6 Å². The summed E-state index contributed by atoms with van der Waals surface area (Å²) in [4.78, 5) is 11.4. The number of ether oxygens (including phenoxy) is 1. The molecule has 0 heterocycles. The summed E-state index contributed by atoms with van der Waals surface area (Å²) in [6.07, 6.45) is 7.21. The van der Waals surface area contributed by atoms with E-state index in [0.717, 1.165) is 30.4 Å². The zero-order chi connectivity index (χ0) is 24.4. The minimum Gasteiger partial charge on any atom is -0.427 e. The number of esters is 1. The van der Waals surface area contributed by atoms with Crippen molar-refractivity contribution in [2.24, 2.45) is 11.3 Å². The Morgan fingerprint density at radius 2 is 1.85 bits per heavy atom. The summed E-state index contributed by atoms with van der Waals surface area (Å²) < 4.78 is 12.2. The van der Waals surface area contributed by atoms with Crippen LogP contribution in [0.15, 0.2) is 24.3 Å². The molecule has 0 spiro atoms. The molecule has 182 valence electrons. The molecule has 2 saturated carbocycles. The summed E-state index contributed by atoms with van der Waals surface area (Å²) in [6.45, 7) is 15.0. The van der Waals surface area contributed by atoms with Crippen LogP contribution < -0.4 is 4.74 Å². The molecule has 1 aromatic carbocycles. The highest BCUT2D eigenvalue weighted by molar-refractivity contribution is 6.74. The topological polar surface area (TPSA) is 76.0 Å². The number of hydrogen-bond donors (Lipinski definition) is 2. The van der Waals surface area contributed by atoms with Gasteiger partial charge in [-0.15, -0.1) is 0 Å².